The van der Waals surface area contributed by atoms with E-state index in [1.54, 1.807) is 7.11 Å². The van der Waals surface area contributed by atoms with Gasteiger partial charge >= 0.3 is 0 Å². The molecule has 15 heavy (non-hydrogen) atoms. The van der Waals surface area contributed by atoms with Gasteiger partial charge in [0.25, 0.3) is 0 Å². The Balaban J connectivity index is 2.32. The van der Waals surface area contributed by atoms with E-state index in [1.807, 2.05) is 30.4 Å². The van der Waals surface area contributed by atoms with Gasteiger partial charge in [0.15, 0.2) is 0 Å². The van der Waals surface area contributed by atoms with Crippen LogP contribution in [0.25, 0.3) is 5.57 Å². The zero-order valence-electron chi connectivity index (χ0n) is 8.44. The van der Waals surface area contributed by atoms with Crippen LogP contribution in [-0.2, 0) is 4.74 Å². The molecular formula is C13H11OS. The Morgan fingerprint density at radius 1 is 1.27 bits per heavy atom. The van der Waals surface area contributed by atoms with Crippen LogP contribution < -0.4 is 0 Å². The van der Waals surface area contributed by atoms with Crippen molar-refractivity contribution < 1.29 is 4.74 Å². The molecule has 2 heteroatoms. The van der Waals surface area contributed by atoms with Gasteiger partial charge in [0.05, 0.1) is 4.86 Å². The van der Waals surface area contributed by atoms with Gasteiger partial charge in [-0.15, -0.1) is 0 Å². The Kier molecular flexibility index (Phi) is 3.09. The molecule has 1 aliphatic rings. The first-order chi connectivity index (χ1) is 7.31. The Labute approximate surface area is 95.1 Å². The van der Waals surface area contributed by atoms with Crippen LogP contribution in [0.4, 0.5) is 0 Å². The molecule has 1 nitrogen and oxygen atoms in total. The van der Waals surface area contributed by atoms with Gasteiger partial charge in [-0.2, -0.15) is 0 Å². The van der Waals surface area contributed by atoms with Gasteiger partial charge in [0.1, 0.15) is 6.10 Å². The summed E-state index contributed by atoms with van der Waals surface area (Å²) in [7, 11) is 1.66. The number of hydrogen-bond acceptors (Lipinski definition) is 2. The Bertz CT molecular complexity index is 417. The molecule has 0 saturated carbocycles. The average Bonchev–Trinajstić information content (AvgIpc) is 2.31. The molecule has 0 aromatic heterocycles. The lowest BCUT2D eigenvalue weighted by Gasteiger charge is -2.15. The molecule has 1 atom stereocenters. The van der Waals surface area contributed by atoms with E-state index in [1.165, 1.54) is 0 Å². The summed E-state index contributed by atoms with van der Waals surface area (Å²) < 4.78 is 5.26. The SMILES string of the molecule is COC1C=C(c2ccccc2)C=[C]C1=S. The Hall–Kier alpha value is -1.25. The molecular weight excluding hydrogens is 204 g/mol. The zero-order chi connectivity index (χ0) is 10.7. The third-order valence-electron chi connectivity index (χ3n) is 2.32. The molecule has 0 N–H and O–H groups in total. The third-order valence-corrected chi connectivity index (χ3v) is 2.67. The zero-order valence-corrected chi connectivity index (χ0v) is 9.25. The van der Waals surface area contributed by atoms with Crippen LogP contribution in [0.2, 0.25) is 0 Å². The first-order valence-electron chi connectivity index (χ1n) is 4.75. The van der Waals surface area contributed by atoms with E-state index in [-0.39, 0.29) is 6.10 Å². The standard InChI is InChI=1S/C13H11OS/c1-14-12-9-11(7-8-13(12)15)10-5-3-2-4-6-10/h2-7,9,12H,1H3. The summed E-state index contributed by atoms with van der Waals surface area (Å²) >= 11 is 5.12. The van der Waals surface area contributed by atoms with Crippen molar-refractivity contribution in [1.29, 1.82) is 0 Å². The second-order valence-corrected chi connectivity index (χ2v) is 3.74. The van der Waals surface area contributed by atoms with Crippen molar-refractivity contribution in [2.45, 2.75) is 6.10 Å². The molecule has 0 saturated heterocycles. The first-order valence-corrected chi connectivity index (χ1v) is 5.16. The molecule has 0 spiro atoms. The highest BCUT2D eigenvalue weighted by atomic mass is 32.1. The van der Waals surface area contributed by atoms with E-state index < -0.39 is 0 Å². The molecule has 0 bridgehead atoms. The van der Waals surface area contributed by atoms with Crippen LogP contribution in [0.1, 0.15) is 5.56 Å². The van der Waals surface area contributed by atoms with E-state index in [4.69, 9.17) is 17.0 Å². The van der Waals surface area contributed by atoms with E-state index in [0.29, 0.717) is 4.86 Å². The Morgan fingerprint density at radius 2 is 2.00 bits per heavy atom. The molecule has 0 amide bonds. The summed E-state index contributed by atoms with van der Waals surface area (Å²) in [6.07, 6.45) is 6.85. The number of thiocarbonyl (C=S) groups is 1. The molecule has 2 rings (SSSR count). The molecule has 1 aromatic rings. The van der Waals surface area contributed by atoms with Crippen LogP contribution in [0, 0.1) is 6.08 Å². The molecule has 1 aromatic carbocycles. The quantitative estimate of drug-likeness (QED) is 0.702. The van der Waals surface area contributed by atoms with Gasteiger partial charge in [0.2, 0.25) is 0 Å². The third kappa shape index (κ3) is 2.22. The lowest BCUT2D eigenvalue weighted by Crippen LogP contribution is -2.19. The maximum absolute atomic E-state index is 5.26. The minimum atomic E-state index is -0.125. The van der Waals surface area contributed by atoms with Crippen molar-refractivity contribution in [2.75, 3.05) is 7.11 Å². The van der Waals surface area contributed by atoms with Gasteiger partial charge in [-0.1, -0.05) is 42.5 Å². The summed E-state index contributed by atoms with van der Waals surface area (Å²) in [6, 6.07) is 10.1. The van der Waals surface area contributed by atoms with E-state index in [2.05, 4.69) is 18.2 Å². The average molecular weight is 215 g/mol. The fourth-order valence-electron chi connectivity index (χ4n) is 1.50. The monoisotopic (exact) mass is 215 g/mol. The summed E-state index contributed by atoms with van der Waals surface area (Å²) in [5, 5.41) is 0. The number of methoxy groups -OCH3 is 1. The van der Waals surface area contributed by atoms with Gasteiger partial charge in [-0.25, -0.2) is 0 Å². The van der Waals surface area contributed by atoms with Crippen molar-refractivity contribution in [3.05, 3.63) is 54.1 Å². The van der Waals surface area contributed by atoms with Crippen LogP contribution in [0.3, 0.4) is 0 Å². The van der Waals surface area contributed by atoms with Gasteiger partial charge in [-0.05, 0) is 23.3 Å². The minimum Gasteiger partial charge on any atom is -0.372 e. The van der Waals surface area contributed by atoms with Crippen LogP contribution in [0.15, 0.2) is 42.5 Å². The second kappa shape index (κ2) is 4.51. The van der Waals surface area contributed by atoms with Crippen LogP contribution in [-0.4, -0.2) is 18.1 Å². The molecule has 0 heterocycles. The highest BCUT2D eigenvalue weighted by Crippen LogP contribution is 2.21. The smallest absolute Gasteiger partial charge is 0.112 e. The van der Waals surface area contributed by atoms with Gasteiger partial charge in [0, 0.05) is 13.2 Å². The molecule has 0 fully saturated rings. The summed E-state index contributed by atoms with van der Waals surface area (Å²) in [4.78, 5) is 0.706. The first kappa shape index (κ1) is 10.3. The second-order valence-electron chi connectivity index (χ2n) is 3.30. The highest BCUT2D eigenvalue weighted by Gasteiger charge is 2.14. The molecule has 0 aliphatic heterocycles. The molecule has 1 radical (unpaired) electrons. The van der Waals surface area contributed by atoms with Crippen molar-refractivity contribution in [2.24, 2.45) is 0 Å². The van der Waals surface area contributed by atoms with Crippen molar-refractivity contribution in [1.82, 2.24) is 0 Å². The van der Waals surface area contributed by atoms with Gasteiger partial charge < -0.3 is 4.74 Å². The number of rotatable bonds is 2. The van der Waals surface area contributed by atoms with Crippen molar-refractivity contribution in [3.63, 3.8) is 0 Å². The summed E-state index contributed by atoms with van der Waals surface area (Å²) in [5.41, 5.74) is 2.27. The van der Waals surface area contributed by atoms with E-state index in [9.17, 15) is 0 Å². The van der Waals surface area contributed by atoms with Crippen molar-refractivity contribution in [3.8, 4) is 0 Å². The van der Waals surface area contributed by atoms with Gasteiger partial charge in [-0.3, -0.25) is 0 Å². The van der Waals surface area contributed by atoms with E-state index in [0.717, 1.165) is 11.1 Å². The number of hydrogen-bond donors (Lipinski definition) is 0. The maximum atomic E-state index is 5.26. The number of ether oxygens (including phenoxy) is 1. The predicted molar refractivity (Wildman–Crippen MR) is 65.6 cm³/mol. The van der Waals surface area contributed by atoms with Crippen molar-refractivity contribution >= 4 is 22.7 Å². The van der Waals surface area contributed by atoms with E-state index >= 15 is 0 Å². The molecule has 1 unspecified atom stereocenters. The largest absolute Gasteiger partial charge is 0.372 e. The number of benzene rings is 1. The van der Waals surface area contributed by atoms with Crippen LogP contribution in [0.5, 0.6) is 0 Å². The summed E-state index contributed by atoms with van der Waals surface area (Å²) in [5.74, 6) is 0. The number of allylic oxidation sites excluding steroid dienone is 2. The van der Waals surface area contributed by atoms with Crippen LogP contribution >= 0.6 is 12.2 Å². The predicted octanol–water partition coefficient (Wildman–Crippen LogP) is 2.83. The highest BCUT2D eigenvalue weighted by molar-refractivity contribution is 7.80. The Morgan fingerprint density at radius 3 is 2.67 bits per heavy atom. The lowest BCUT2D eigenvalue weighted by atomic mass is 9.98. The fourth-order valence-corrected chi connectivity index (χ4v) is 1.73. The molecule has 1 aliphatic carbocycles. The minimum absolute atomic E-state index is 0.125. The fraction of sp³-hybridized carbons (Fsp3) is 0.154. The summed E-state index contributed by atoms with van der Waals surface area (Å²) in [6.45, 7) is 0. The maximum Gasteiger partial charge on any atom is 0.112 e. The topological polar surface area (TPSA) is 9.23 Å². The lowest BCUT2D eigenvalue weighted by molar-refractivity contribution is 0.193. The molecule has 75 valence electrons. The normalized spacial score (nSPS) is 20.2.